The Morgan fingerprint density at radius 1 is 1.44 bits per heavy atom. The van der Waals surface area contributed by atoms with E-state index in [4.69, 9.17) is 17.4 Å². The second kappa shape index (κ2) is 6.29. The maximum absolute atomic E-state index is 5.95. The Bertz CT molecular complexity index is 512. The lowest BCUT2D eigenvalue weighted by atomic mass is 9.98. The van der Waals surface area contributed by atoms with Crippen molar-refractivity contribution in [1.82, 2.24) is 10.4 Å². The lowest BCUT2D eigenvalue weighted by Crippen LogP contribution is -2.30. The van der Waals surface area contributed by atoms with Crippen LogP contribution in [0.3, 0.4) is 0 Å². The summed E-state index contributed by atoms with van der Waals surface area (Å²) in [7, 11) is 0. The highest BCUT2D eigenvalue weighted by Crippen LogP contribution is 2.27. The van der Waals surface area contributed by atoms with E-state index < -0.39 is 0 Å². The maximum atomic E-state index is 5.95. The molecule has 0 bridgehead atoms. The van der Waals surface area contributed by atoms with Crippen molar-refractivity contribution in [2.75, 3.05) is 0 Å². The first kappa shape index (κ1) is 13.5. The number of aryl methyl sites for hydroxylation is 1. The van der Waals surface area contributed by atoms with Crippen molar-refractivity contribution in [3.05, 3.63) is 50.9 Å². The van der Waals surface area contributed by atoms with Crippen molar-refractivity contribution < 1.29 is 0 Å². The summed E-state index contributed by atoms with van der Waals surface area (Å²) in [6.45, 7) is 2.12. The van der Waals surface area contributed by atoms with E-state index in [9.17, 15) is 0 Å². The summed E-state index contributed by atoms with van der Waals surface area (Å²) in [6.07, 6.45) is 5.50. The zero-order chi connectivity index (χ0) is 13.0. The SMILES string of the molecule is CCc1cnccc1C(Cc1ccc(Cl)s1)NN. The molecule has 3 nitrogen and oxygen atoms in total. The molecule has 0 saturated heterocycles. The van der Waals surface area contributed by atoms with Crippen molar-refractivity contribution in [2.24, 2.45) is 5.84 Å². The minimum absolute atomic E-state index is 0.0951. The van der Waals surface area contributed by atoms with Crippen molar-refractivity contribution in [3.63, 3.8) is 0 Å². The molecular formula is C13H16ClN3S. The number of hydrazine groups is 1. The standard InChI is InChI=1S/C13H16ClN3S/c1-2-9-8-16-6-5-11(9)12(17-15)7-10-3-4-13(14)18-10/h3-6,8,12,17H,2,7,15H2,1H3. The second-order valence-electron chi connectivity index (χ2n) is 4.06. The van der Waals surface area contributed by atoms with Crippen LogP contribution in [-0.4, -0.2) is 4.98 Å². The van der Waals surface area contributed by atoms with E-state index in [2.05, 4.69) is 17.3 Å². The van der Waals surface area contributed by atoms with Gasteiger partial charge >= 0.3 is 0 Å². The summed E-state index contributed by atoms with van der Waals surface area (Å²) in [6, 6.07) is 6.09. The number of aromatic nitrogens is 1. The van der Waals surface area contributed by atoms with Gasteiger partial charge in [-0.2, -0.15) is 0 Å². The zero-order valence-corrected chi connectivity index (χ0v) is 11.8. The smallest absolute Gasteiger partial charge is 0.0931 e. The summed E-state index contributed by atoms with van der Waals surface area (Å²) in [4.78, 5) is 5.38. The van der Waals surface area contributed by atoms with Gasteiger partial charge < -0.3 is 0 Å². The number of hydrogen-bond donors (Lipinski definition) is 2. The lowest BCUT2D eigenvalue weighted by molar-refractivity contribution is 0.550. The molecule has 1 unspecified atom stereocenters. The largest absolute Gasteiger partial charge is 0.271 e. The van der Waals surface area contributed by atoms with Crippen molar-refractivity contribution in [2.45, 2.75) is 25.8 Å². The van der Waals surface area contributed by atoms with Gasteiger partial charge in [-0.15, -0.1) is 11.3 Å². The van der Waals surface area contributed by atoms with E-state index in [0.717, 1.165) is 17.2 Å². The number of pyridine rings is 1. The van der Waals surface area contributed by atoms with Gasteiger partial charge in [0.25, 0.3) is 0 Å². The fourth-order valence-electron chi connectivity index (χ4n) is 1.99. The molecule has 2 aromatic rings. The van der Waals surface area contributed by atoms with E-state index in [1.54, 1.807) is 17.5 Å². The summed E-state index contributed by atoms with van der Waals surface area (Å²) >= 11 is 7.54. The van der Waals surface area contributed by atoms with Gasteiger partial charge in [-0.3, -0.25) is 16.3 Å². The molecule has 0 spiro atoms. The molecule has 0 amide bonds. The average molecular weight is 282 g/mol. The Labute approximate surface area is 116 Å². The summed E-state index contributed by atoms with van der Waals surface area (Å²) in [5.41, 5.74) is 5.32. The van der Waals surface area contributed by atoms with Crippen molar-refractivity contribution in [3.8, 4) is 0 Å². The fraction of sp³-hybridized carbons (Fsp3) is 0.308. The number of halogens is 1. The molecule has 0 saturated carbocycles. The zero-order valence-electron chi connectivity index (χ0n) is 10.2. The predicted molar refractivity (Wildman–Crippen MR) is 76.7 cm³/mol. The molecule has 5 heteroatoms. The Balaban J connectivity index is 2.22. The Kier molecular flexibility index (Phi) is 4.72. The van der Waals surface area contributed by atoms with E-state index in [0.29, 0.717) is 0 Å². The van der Waals surface area contributed by atoms with Crippen LogP contribution in [0.2, 0.25) is 4.34 Å². The van der Waals surface area contributed by atoms with Crippen LogP contribution in [0.1, 0.15) is 29.0 Å². The molecule has 2 aromatic heterocycles. The first-order valence-corrected chi connectivity index (χ1v) is 7.07. The van der Waals surface area contributed by atoms with Gasteiger partial charge in [0.2, 0.25) is 0 Å². The minimum atomic E-state index is 0.0951. The summed E-state index contributed by atoms with van der Waals surface area (Å²) in [5, 5.41) is 0. The van der Waals surface area contributed by atoms with Gasteiger partial charge in [0, 0.05) is 23.7 Å². The van der Waals surface area contributed by atoms with Gasteiger partial charge in [0.05, 0.1) is 10.4 Å². The van der Waals surface area contributed by atoms with E-state index >= 15 is 0 Å². The monoisotopic (exact) mass is 281 g/mol. The van der Waals surface area contributed by atoms with Gasteiger partial charge in [0.15, 0.2) is 0 Å². The molecule has 0 aliphatic rings. The van der Waals surface area contributed by atoms with Crippen LogP contribution in [0.5, 0.6) is 0 Å². The molecule has 0 aromatic carbocycles. The van der Waals surface area contributed by atoms with Crippen LogP contribution >= 0.6 is 22.9 Å². The van der Waals surface area contributed by atoms with Crippen LogP contribution in [0.25, 0.3) is 0 Å². The third-order valence-corrected chi connectivity index (χ3v) is 4.19. The number of thiophene rings is 1. The highest BCUT2D eigenvalue weighted by Gasteiger charge is 2.14. The molecule has 0 aliphatic heterocycles. The van der Waals surface area contributed by atoms with Gasteiger partial charge in [0.1, 0.15) is 0 Å². The summed E-state index contributed by atoms with van der Waals surface area (Å²) in [5.74, 6) is 5.68. The number of rotatable bonds is 5. The van der Waals surface area contributed by atoms with Crippen LogP contribution < -0.4 is 11.3 Å². The fourth-order valence-corrected chi connectivity index (χ4v) is 3.13. The lowest BCUT2D eigenvalue weighted by Gasteiger charge is -2.18. The van der Waals surface area contributed by atoms with Crippen molar-refractivity contribution in [1.29, 1.82) is 0 Å². The molecule has 0 fully saturated rings. The molecule has 18 heavy (non-hydrogen) atoms. The second-order valence-corrected chi connectivity index (χ2v) is 5.86. The van der Waals surface area contributed by atoms with Crippen LogP contribution in [-0.2, 0) is 12.8 Å². The average Bonchev–Trinajstić information content (AvgIpc) is 2.81. The molecular weight excluding hydrogens is 266 g/mol. The van der Waals surface area contributed by atoms with Gasteiger partial charge in [-0.25, -0.2) is 0 Å². The van der Waals surface area contributed by atoms with E-state index in [1.807, 2.05) is 24.4 Å². The molecule has 1 atom stereocenters. The maximum Gasteiger partial charge on any atom is 0.0931 e. The first-order valence-electron chi connectivity index (χ1n) is 5.87. The molecule has 96 valence electrons. The Morgan fingerprint density at radius 2 is 2.28 bits per heavy atom. The predicted octanol–water partition coefficient (Wildman–Crippen LogP) is 3.11. The van der Waals surface area contributed by atoms with Crippen molar-refractivity contribution >= 4 is 22.9 Å². The third-order valence-electron chi connectivity index (χ3n) is 2.93. The number of nitrogens with two attached hydrogens (primary N) is 1. The Morgan fingerprint density at radius 3 is 2.89 bits per heavy atom. The molecule has 2 heterocycles. The normalized spacial score (nSPS) is 12.6. The Hall–Kier alpha value is -0.940. The topological polar surface area (TPSA) is 50.9 Å². The first-order chi connectivity index (χ1) is 8.74. The van der Waals surface area contributed by atoms with Gasteiger partial charge in [-0.05, 0) is 35.7 Å². The number of nitrogens with zero attached hydrogens (tertiary/aromatic N) is 1. The van der Waals surface area contributed by atoms with E-state index in [1.165, 1.54) is 16.0 Å². The van der Waals surface area contributed by atoms with E-state index in [-0.39, 0.29) is 6.04 Å². The number of hydrogen-bond acceptors (Lipinski definition) is 4. The molecule has 2 rings (SSSR count). The van der Waals surface area contributed by atoms with Crippen LogP contribution in [0, 0.1) is 0 Å². The van der Waals surface area contributed by atoms with Crippen LogP contribution in [0.4, 0.5) is 0 Å². The minimum Gasteiger partial charge on any atom is -0.271 e. The highest BCUT2D eigenvalue weighted by atomic mass is 35.5. The molecule has 0 radical (unpaired) electrons. The molecule has 0 aliphatic carbocycles. The third kappa shape index (κ3) is 3.09. The van der Waals surface area contributed by atoms with Crippen LogP contribution in [0.15, 0.2) is 30.6 Å². The quantitative estimate of drug-likeness (QED) is 0.654. The van der Waals surface area contributed by atoms with Gasteiger partial charge in [-0.1, -0.05) is 18.5 Å². The summed E-state index contributed by atoms with van der Waals surface area (Å²) < 4.78 is 0.811. The number of nitrogens with one attached hydrogen (secondary N) is 1. The highest BCUT2D eigenvalue weighted by molar-refractivity contribution is 7.16. The molecule has 3 N–H and O–H groups in total.